The van der Waals surface area contributed by atoms with Crippen molar-refractivity contribution in [2.24, 2.45) is 5.92 Å². The van der Waals surface area contributed by atoms with Gasteiger partial charge in [0.05, 0.1) is 12.6 Å². The van der Waals surface area contributed by atoms with Gasteiger partial charge in [-0.05, 0) is 66.6 Å². The molecule has 0 aliphatic carbocycles. The summed E-state index contributed by atoms with van der Waals surface area (Å²) in [6.07, 6.45) is 2.70. The molecule has 6 bridgehead atoms. The highest BCUT2D eigenvalue weighted by molar-refractivity contribution is 5.81. The Morgan fingerprint density at radius 3 is 2.58 bits per heavy atom. The van der Waals surface area contributed by atoms with E-state index in [2.05, 4.69) is 11.4 Å². The van der Waals surface area contributed by atoms with E-state index in [1.165, 1.54) is 0 Å². The second-order valence-corrected chi connectivity index (χ2v) is 10.4. The van der Waals surface area contributed by atoms with E-state index < -0.39 is 0 Å². The van der Waals surface area contributed by atoms with Crippen molar-refractivity contribution >= 4 is 17.8 Å². The van der Waals surface area contributed by atoms with Crippen LogP contribution in [0, 0.1) is 5.92 Å². The van der Waals surface area contributed by atoms with E-state index in [9.17, 15) is 14.4 Å². The summed E-state index contributed by atoms with van der Waals surface area (Å²) in [6.45, 7) is 2.70. The lowest BCUT2D eigenvalue weighted by Crippen LogP contribution is -2.49. The summed E-state index contributed by atoms with van der Waals surface area (Å²) >= 11 is 0. The van der Waals surface area contributed by atoms with Crippen LogP contribution in [-0.2, 0) is 16.0 Å². The molecule has 1 unspecified atom stereocenters. The number of likely N-dealkylation sites (tertiary alicyclic amines) is 1. The van der Waals surface area contributed by atoms with Gasteiger partial charge in [-0.2, -0.15) is 0 Å². The molecule has 1 fully saturated rings. The van der Waals surface area contributed by atoms with Crippen molar-refractivity contribution in [3.05, 3.63) is 59.2 Å². The lowest BCUT2D eigenvalue weighted by atomic mass is 9.85. The van der Waals surface area contributed by atoms with E-state index in [0.717, 1.165) is 22.4 Å². The van der Waals surface area contributed by atoms with Crippen molar-refractivity contribution in [2.75, 3.05) is 53.5 Å². The first-order chi connectivity index (χ1) is 18.4. The maximum atomic E-state index is 14.0. The Morgan fingerprint density at radius 2 is 1.79 bits per heavy atom. The third-order valence-corrected chi connectivity index (χ3v) is 7.58. The lowest BCUT2D eigenvalue weighted by Gasteiger charge is -2.41. The number of ether oxygens (including phenoxy) is 2. The van der Waals surface area contributed by atoms with Crippen molar-refractivity contribution in [3.63, 3.8) is 0 Å². The lowest BCUT2D eigenvalue weighted by molar-refractivity contribution is -0.139. The quantitative estimate of drug-likeness (QED) is 0.625. The number of amides is 4. The molecule has 0 saturated carbocycles. The Morgan fingerprint density at radius 1 is 1.00 bits per heavy atom. The highest BCUT2D eigenvalue weighted by atomic mass is 16.5. The highest BCUT2D eigenvalue weighted by Gasteiger charge is 2.37. The molecule has 0 aromatic heterocycles. The normalized spacial score (nSPS) is 20.3. The highest BCUT2D eigenvalue weighted by Crippen LogP contribution is 2.39. The van der Waals surface area contributed by atoms with Crippen LogP contribution in [0.4, 0.5) is 4.79 Å². The molecule has 6 rings (SSSR count). The first kappa shape index (κ1) is 25.9. The zero-order valence-corrected chi connectivity index (χ0v) is 22.2. The van der Waals surface area contributed by atoms with Crippen molar-refractivity contribution in [3.8, 4) is 11.5 Å². The Labute approximate surface area is 223 Å². The van der Waals surface area contributed by atoms with Crippen LogP contribution in [0.15, 0.2) is 42.5 Å². The van der Waals surface area contributed by atoms with Crippen LogP contribution in [-0.4, -0.2) is 86.0 Å². The van der Waals surface area contributed by atoms with Gasteiger partial charge in [0.25, 0.3) is 5.91 Å². The van der Waals surface area contributed by atoms with Gasteiger partial charge in [0.2, 0.25) is 5.91 Å². The Bertz CT molecular complexity index is 1190. The zero-order valence-electron chi connectivity index (χ0n) is 22.2. The second kappa shape index (κ2) is 11.3. The standard InChI is InChI=1S/C29H36N4O5/c1-31(2)29(36)32-13-9-20(10-14-32)28(35)33-15-11-21-17-24-7-8-25(21)27(33)22-5-3-6-23(18-22)37-16-4-12-30-26(34)19-38-24/h3,5-8,17-18,20,27H,4,9-16,19H2,1-2H3,(H,30,34). The van der Waals surface area contributed by atoms with Gasteiger partial charge in [0.15, 0.2) is 6.61 Å². The van der Waals surface area contributed by atoms with Crippen LogP contribution in [0.2, 0.25) is 0 Å². The summed E-state index contributed by atoms with van der Waals surface area (Å²) in [5.41, 5.74) is 3.18. The zero-order chi connectivity index (χ0) is 26.6. The molecule has 4 heterocycles. The monoisotopic (exact) mass is 520 g/mol. The first-order valence-corrected chi connectivity index (χ1v) is 13.4. The van der Waals surface area contributed by atoms with E-state index >= 15 is 0 Å². The fraction of sp³-hybridized carbons (Fsp3) is 0.483. The third kappa shape index (κ3) is 5.56. The molecule has 9 heteroatoms. The molecule has 38 heavy (non-hydrogen) atoms. The number of fused-ring (bicyclic) bond motifs is 8. The topological polar surface area (TPSA) is 91.4 Å². The fourth-order valence-electron chi connectivity index (χ4n) is 5.59. The number of urea groups is 1. The van der Waals surface area contributed by atoms with E-state index in [0.29, 0.717) is 64.2 Å². The molecule has 0 radical (unpaired) electrons. The average molecular weight is 521 g/mol. The number of carbonyl (C=O) groups excluding carboxylic acids is 3. The van der Waals surface area contributed by atoms with Gasteiger partial charge in [-0.15, -0.1) is 0 Å². The summed E-state index contributed by atoms with van der Waals surface area (Å²) in [5.74, 6) is 1.25. The third-order valence-electron chi connectivity index (χ3n) is 7.58. The first-order valence-electron chi connectivity index (χ1n) is 13.4. The number of benzene rings is 2. The minimum Gasteiger partial charge on any atom is -0.494 e. The van der Waals surface area contributed by atoms with Gasteiger partial charge in [-0.1, -0.05) is 18.2 Å². The average Bonchev–Trinajstić information content (AvgIpc) is 2.94. The second-order valence-electron chi connectivity index (χ2n) is 10.4. The Kier molecular flexibility index (Phi) is 7.72. The summed E-state index contributed by atoms with van der Waals surface area (Å²) in [5, 5.41) is 2.86. The van der Waals surface area contributed by atoms with Crippen molar-refractivity contribution in [1.29, 1.82) is 0 Å². The van der Waals surface area contributed by atoms with Gasteiger partial charge in [0, 0.05) is 46.2 Å². The van der Waals surface area contributed by atoms with Crippen LogP contribution < -0.4 is 14.8 Å². The number of hydrogen-bond acceptors (Lipinski definition) is 5. The predicted molar refractivity (Wildman–Crippen MR) is 142 cm³/mol. The summed E-state index contributed by atoms with van der Waals surface area (Å²) in [6, 6.07) is 13.6. The van der Waals surface area contributed by atoms with Crippen molar-refractivity contribution in [1.82, 2.24) is 20.0 Å². The van der Waals surface area contributed by atoms with Gasteiger partial charge in [0.1, 0.15) is 11.5 Å². The summed E-state index contributed by atoms with van der Waals surface area (Å²) in [4.78, 5) is 43.9. The van der Waals surface area contributed by atoms with Gasteiger partial charge in [-0.25, -0.2) is 4.79 Å². The number of nitrogens with one attached hydrogen (secondary N) is 1. The fourth-order valence-corrected chi connectivity index (χ4v) is 5.59. The molecule has 9 nitrogen and oxygen atoms in total. The predicted octanol–water partition coefficient (Wildman–Crippen LogP) is 2.83. The molecule has 4 aliphatic rings. The molecule has 0 spiro atoms. The molecule has 4 amide bonds. The van der Waals surface area contributed by atoms with Crippen LogP contribution in [0.3, 0.4) is 0 Å². The van der Waals surface area contributed by atoms with Crippen LogP contribution in [0.25, 0.3) is 0 Å². The summed E-state index contributed by atoms with van der Waals surface area (Å²) in [7, 11) is 3.51. The van der Waals surface area contributed by atoms with E-state index in [-0.39, 0.29) is 36.4 Å². The van der Waals surface area contributed by atoms with Gasteiger partial charge < -0.3 is 29.5 Å². The van der Waals surface area contributed by atoms with Crippen molar-refractivity contribution < 1.29 is 23.9 Å². The van der Waals surface area contributed by atoms with E-state index in [1.54, 1.807) is 19.0 Å². The number of carbonyl (C=O) groups is 3. The molecule has 4 aliphatic heterocycles. The molecule has 2 aromatic rings. The van der Waals surface area contributed by atoms with E-state index in [4.69, 9.17) is 9.47 Å². The van der Waals surface area contributed by atoms with Crippen molar-refractivity contribution in [2.45, 2.75) is 31.7 Å². The molecule has 1 atom stereocenters. The minimum absolute atomic E-state index is 0.00680. The van der Waals surface area contributed by atoms with Crippen LogP contribution in [0.1, 0.15) is 42.0 Å². The number of hydrogen-bond donors (Lipinski definition) is 1. The SMILES string of the molecule is CN(C)C(=O)N1CCC(C(=O)N2CCc3cc4ccc3C2c2cccc(c2)OCCCNC(=O)CO4)CC1. The van der Waals surface area contributed by atoms with Crippen LogP contribution in [0.5, 0.6) is 11.5 Å². The molecule has 1 saturated heterocycles. The molecule has 1 N–H and O–H groups in total. The molecular formula is C29H36N4O5. The van der Waals surface area contributed by atoms with Gasteiger partial charge in [-0.3, -0.25) is 9.59 Å². The maximum absolute atomic E-state index is 14.0. The molecule has 2 aromatic carbocycles. The van der Waals surface area contributed by atoms with E-state index in [1.807, 2.05) is 46.2 Å². The Balaban J connectivity index is 1.44. The van der Waals surface area contributed by atoms with Gasteiger partial charge >= 0.3 is 6.03 Å². The largest absolute Gasteiger partial charge is 0.494 e. The smallest absolute Gasteiger partial charge is 0.319 e. The molecular weight excluding hydrogens is 484 g/mol. The molecule has 202 valence electrons. The summed E-state index contributed by atoms with van der Waals surface area (Å²) < 4.78 is 11.8. The maximum Gasteiger partial charge on any atom is 0.319 e. The van der Waals surface area contributed by atoms with Crippen LogP contribution >= 0.6 is 0 Å². The number of rotatable bonds is 1. The number of piperidine rings is 1. The minimum atomic E-state index is -0.249. The number of nitrogens with zero attached hydrogens (tertiary/aromatic N) is 3. The Hall–Kier alpha value is -3.75.